The molecule has 2 aromatic rings. The molecule has 0 unspecified atom stereocenters. The van der Waals surface area contributed by atoms with E-state index in [4.69, 9.17) is 9.84 Å². The highest BCUT2D eigenvalue weighted by molar-refractivity contribution is 7.99. The number of nitrogens with zero attached hydrogens (tertiary/aromatic N) is 2. The summed E-state index contributed by atoms with van der Waals surface area (Å²) in [5.74, 6) is -0.388. The number of nitrogens with one attached hydrogen (secondary N) is 1. The number of ether oxygens (including phenoxy) is 1. The highest BCUT2D eigenvalue weighted by Gasteiger charge is 2.08. The van der Waals surface area contributed by atoms with Gasteiger partial charge in [0.05, 0.1) is 12.4 Å². The van der Waals surface area contributed by atoms with Crippen molar-refractivity contribution in [1.29, 1.82) is 0 Å². The molecule has 2 N–H and O–H groups in total. The average molecular weight is 321 g/mol. The number of carboxylic acid groups (broad SMARTS) is 1. The first-order chi connectivity index (χ1) is 10.6. The minimum Gasteiger partial charge on any atom is -0.494 e. The molecule has 2 rings (SSSR count). The fraction of sp³-hybridized carbons (Fsp3) is 0.286. The Bertz CT molecular complexity index is 700. The molecule has 0 atom stereocenters. The standard InChI is InChI=1S/C14H15N3O4S/c1-2-21-10-5-3-9(4-6-10)7-11-13(20)15-14(17-16-11)22-8-12(18)19/h3-6H,2,7-8H2,1H3,(H,18,19)(H,15,17,20). The second-order valence-corrected chi connectivity index (χ2v) is 5.31. The van der Waals surface area contributed by atoms with Crippen LogP contribution in [-0.2, 0) is 11.2 Å². The zero-order chi connectivity index (χ0) is 15.9. The lowest BCUT2D eigenvalue weighted by atomic mass is 10.1. The summed E-state index contributed by atoms with van der Waals surface area (Å²) in [6.07, 6.45) is 0.346. The molecule has 0 fully saturated rings. The molecule has 0 radical (unpaired) electrons. The minimum atomic E-state index is -0.980. The third-order valence-electron chi connectivity index (χ3n) is 2.68. The molecule has 8 heteroatoms. The molecular formula is C14H15N3O4S. The molecule has 1 aromatic carbocycles. The zero-order valence-electron chi connectivity index (χ0n) is 11.9. The quantitative estimate of drug-likeness (QED) is 0.741. The summed E-state index contributed by atoms with van der Waals surface area (Å²) in [6, 6.07) is 7.38. The number of carboxylic acids is 1. The summed E-state index contributed by atoms with van der Waals surface area (Å²) in [6.45, 7) is 2.51. The van der Waals surface area contributed by atoms with Gasteiger partial charge in [0, 0.05) is 6.42 Å². The van der Waals surface area contributed by atoms with Crippen LogP contribution >= 0.6 is 11.8 Å². The predicted molar refractivity (Wildman–Crippen MR) is 81.4 cm³/mol. The van der Waals surface area contributed by atoms with E-state index in [0.717, 1.165) is 23.1 Å². The van der Waals surface area contributed by atoms with Crippen molar-refractivity contribution in [2.24, 2.45) is 0 Å². The first-order valence-corrected chi connectivity index (χ1v) is 7.59. The van der Waals surface area contributed by atoms with Gasteiger partial charge < -0.3 is 9.84 Å². The molecule has 116 valence electrons. The summed E-state index contributed by atoms with van der Waals surface area (Å²) in [5.41, 5.74) is 0.829. The molecule has 0 aliphatic rings. The van der Waals surface area contributed by atoms with Crippen LogP contribution in [0, 0.1) is 0 Å². The van der Waals surface area contributed by atoms with Gasteiger partial charge in [0.25, 0.3) is 5.56 Å². The fourth-order valence-electron chi connectivity index (χ4n) is 1.72. The Morgan fingerprint density at radius 2 is 2.05 bits per heavy atom. The smallest absolute Gasteiger partial charge is 0.313 e. The molecule has 0 aliphatic carbocycles. The van der Waals surface area contributed by atoms with Crippen molar-refractivity contribution in [3.63, 3.8) is 0 Å². The lowest BCUT2D eigenvalue weighted by Crippen LogP contribution is -2.18. The van der Waals surface area contributed by atoms with Crippen molar-refractivity contribution in [3.8, 4) is 5.75 Å². The molecule has 22 heavy (non-hydrogen) atoms. The van der Waals surface area contributed by atoms with Crippen molar-refractivity contribution < 1.29 is 14.6 Å². The molecule has 0 spiro atoms. The van der Waals surface area contributed by atoms with Crippen LogP contribution in [0.2, 0.25) is 0 Å². The SMILES string of the molecule is CCOc1ccc(Cc2nnc(SCC(=O)O)[nH]c2=O)cc1. The Labute approximate surface area is 130 Å². The highest BCUT2D eigenvalue weighted by atomic mass is 32.2. The summed E-state index contributed by atoms with van der Waals surface area (Å²) in [5, 5.41) is 16.5. The van der Waals surface area contributed by atoms with Crippen LogP contribution in [0.4, 0.5) is 0 Å². The average Bonchev–Trinajstić information content (AvgIpc) is 2.50. The Morgan fingerprint density at radius 3 is 2.64 bits per heavy atom. The van der Waals surface area contributed by atoms with Gasteiger partial charge in [0.1, 0.15) is 11.4 Å². The summed E-state index contributed by atoms with van der Waals surface area (Å²) < 4.78 is 5.35. The maximum atomic E-state index is 11.9. The Morgan fingerprint density at radius 1 is 1.32 bits per heavy atom. The van der Waals surface area contributed by atoms with E-state index in [9.17, 15) is 9.59 Å². The number of aliphatic carboxylic acids is 1. The lowest BCUT2D eigenvalue weighted by molar-refractivity contribution is -0.133. The third-order valence-corrected chi connectivity index (χ3v) is 3.53. The molecule has 0 saturated carbocycles. The van der Waals surface area contributed by atoms with E-state index in [1.807, 2.05) is 31.2 Å². The lowest BCUT2D eigenvalue weighted by Gasteiger charge is -2.04. The van der Waals surface area contributed by atoms with Crippen LogP contribution in [0.5, 0.6) is 5.75 Å². The zero-order valence-corrected chi connectivity index (χ0v) is 12.7. The van der Waals surface area contributed by atoms with Crippen LogP contribution < -0.4 is 10.3 Å². The number of benzene rings is 1. The molecule has 0 amide bonds. The van der Waals surface area contributed by atoms with Crippen molar-refractivity contribution in [2.75, 3.05) is 12.4 Å². The van der Waals surface area contributed by atoms with Gasteiger partial charge in [-0.15, -0.1) is 10.2 Å². The van der Waals surface area contributed by atoms with E-state index < -0.39 is 5.97 Å². The largest absolute Gasteiger partial charge is 0.494 e. The number of hydrogen-bond acceptors (Lipinski definition) is 6. The second-order valence-electron chi connectivity index (χ2n) is 4.34. The number of H-pyrrole nitrogens is 1. The van der Waals surface area contributed by atoms with Crippen LogP contribution in [-0.4, -0.2) is 38.6 Å². The van der Waals surface area contributed by atoms with Gasteiger partial charge in [-0.2, -0.15) is 0 Å². The molecule has 7 nitrogen and oxygen atoms in total. The molecular weight excluding hydrogens is 306 g/mol. The number of rotatable bonds is 7. The van der Waals surface area contributed by atoms with Crippen LogP contribution in [0.15, 0.2) is 34.2 Å². The van der Waals surface area contributed by atoms with Crippen molar-refractivity contribution in [1.82, 2.24) is 15.2 Å². The Kier molecular flexibility index (Phi) is 5.54. The van der Waals surface area contributed by atoms with Crippen LogP contribution in [0.3, 0.4) is 0 Å². The van der Waals surface area contributed by atoms with Gasteiger partial charge in [-0.25, -0.2) is 0 Å². The van der Waals surface area contributed by atoms with E-state index in [-0.39, 0.29) is 22.2 Å². The minimum absolute atomic E-state index is 0.178. The molecule has 0 bridgehead atoms. The third kappa shape index (κ3) is 4.59. The van der Waals surface area contributed by atoms with Gasteiger partial charge in [-0.3, -0.25) is 14.6 Å². The number of aromatic amines is 1. The van der Waals surface area contributed by atoms with Crippen molar-refractivity contribution >= 4 is 17.7 Å². The monoisotopic (exact) mass is 321 g/mol. The van der Waals surface area contributed by atoms with Gasteiger partial charge in [0.15, 0.2) is 5.16 Å². The molecule has 1 aromatic heterocycles. The van der Waals surface area contributed by atoms with E-state index in [2.05, 4.69) is 15.2 Å². The van der Waals surface area contributed by atoms with Gasteiger partial charge >= 0.3 is 5.97 Å². The predicted octanol–water partition coefficient (Wildman–Crippen LogP) is 1.33. The van der Waals surface area contributed by atoms with Crippen molar-refractivity contribution in [3.05, 3.63) is 45.9 Å². The van der Waals surface area contributed by atoms with E-state index in [1.54, 1.807) is 0 Å². The number of hydrogen-bond donors (Lipinski definition) is 2. The number of carbonyl (C=O) groups is 1. The Hall–Kier alpha value is -2.35. The highest BCUT2D eigenvalue weighted by Crippen LogP contribution is 2.14. The molecule has 0 aliphatic heterocycles. The van der Waals surface area contributed by atoms with Crippen LogP contribution in [0.1, 0.15) is 18.2 Å². The normalized spacial score (nSPS) is 10.4. The number of aromatic nitrogens is 3. The fourth-order valence-corrected chi connectivity index (χ4v) is 2.24. The summed E-state index contributed by atoms with van der Waals surface area (Å²) in [7, 11) is 0. The van der Waals surface area contributed by atoms with E-state index in [1.165, 1.54) is 0 Å². The maximum Gasteiger partial charge on any atom is 0.313 e. The van der Waals surface area contributed by atoms with Crippen LogP contribution in [0.25, 0.3) is 0 Å². The second kappa shape index (κ2) is 7.60. The molecule has 1 heterocycles. The van der Waals surface area contributed by atoms with Crippen molar-refractivity contribution in [2.45, 2.75) is 18.5 Å². The summed E-state index contributed by atoms with van der Waals surface area (Å²) in [4.78, 5) is 24.9. The van der Waals surface area contributed by atoms with Gasteiger partial charge in [-0.1, -0.05) is 23.9 Å². The summed E-state index contributed by atoms with van der Waals surface area (Å²) >= 11 is 0.920. The van der Waals surface area contributed by atoms with E-state index >= 15 is 0 Å². The number of thioether (sulfide) groups is 1. The maximum absolute atomic E-state index is 11.9. The topological polar surface area (TPSA) is 105 Å². The first kappa shape index (κ1) is 16.0. The van der Waals surface area contributed by atoms with Gasteiger partial charge in [0.2, 0.25) is 0 Å². The van der Waals surface area contributed by atoms with Gasteiger partial charge in [-0.05, 0) is 24.6 Å². The van der Waals surface area contributed by atoms with E-state index in [0.29, 0.717) is 13.0 Å². The molecule has 0 saturated heterocycles. The Balaban J connectivity index is 2.06. The first-order valence-electron chi connectivity index (χ1n) is 6.60.